The molecule has 0 fully saturated rings. The van der Waals surface area contributed by atoms with Crippen LogP contribution in [0.5, 0.6) is 5.75 Å². The van der Waals surface area contributed by atoms with Crippen LogP contribution in [0.3, 0.4) is 0 Å². The van der Waals surface area contributed by atoms with Crippen molar-refractivity contribution in [3.05, 3.63) is 35.4 Å². The summed E-state index contributed by atoms with van der Waals surface area (Å²) in [5.74, 6) is 1.42. The number of hydrogen-bond acceptors (Lipinski definition) is 2. The predicted octanol–water partition coefficient (Wildman–Crippen LogP) is 2.50. The van der Waals surface area contributed by atoms with E-state index in [0.717, 1.165) is 17.0 Å². The van der Waals surface area contributed by atoms with Gasteiger partial charge in [-0.2, -0.15) is 0 Å². The molecule has 1 aliphatic rings. The van der Waals surface area contributed by atoms with Crippen LogP contribution < -0.4 is 10.5 Å². The fourth-order valence-electron chi connectivity index (χ4n) is 1.59. The molecule has 1 aromatic carbocycles. The van der Waals surface area contributed by atoms with E-state index in [4.69, 9.17) is 10.5 Å². The van der Waals surface area contributed by atoms with Crippen LogP contribution in [-0.4, -0.2) is 6.61 Å². The van der Waals surface area contributed by atoms with E-state index < -0.39 is 0 Å². The molecule has 0 saturated heterocycles. The van der Waals surface area contributed by atoms with Gasteiger partial charge in [-0.3, -0.25) is 0 Å². The molecule has 0 radical (unpaired) electrons. The lowest BCUT2D eigenvalue weighted by Crippen LogP contribution is -2.10. The predicted molar refractivity (Wildman–Crippen MR) is 58.2 cm³/mol. The highest BCUT2D eigenvalue weighted by Gasteiger charge is 2.12. The van der Waals surface area contributed by atoms with E-state index in [9.17, 15) is 0 Å². The monoisotopic (exact) mass is 189 g/mol. The second-order valence-electron chi connectivity index (χ2n) is 3.88. The molecule has 1 aliphatic heterocycles. The number of benzene rings is 1. The van der Waals surface area contributed by atoms with Gasteiger partial charge in [0.15, 0.2) is 0 Å². The van der Waals surface area contributed by atoms with E-state index in [2.05, 4.69) is 26.0 Å². The summed E-state index contributed by atoms with van der Waals surface area (Å²) in [7, 11) is 0. The third-order valence-corrected chi connectivity index (χ3v) is 2.52. The Hall–Kier alpha value is -1.44. The molecule has 1 heterocycles. The van der Waals surface area contributed by atoms with Crippen LogP contribution in [-0.2, 0) is 0 Å². The van der Waals surface area contributed by atoms with Crippen molar-refractivity contribution in [2.45, 2.75) is 19.8 Å². The van der Waals surface area contributed by atoms with Crippen molar-refractivity contribution in [2.75, 3.05) is 6.61 Å². The number of fused-ring (bicyclic) bond motifs is 1. The van der Waals surface area contributed by atoms with E-state index >= 15 is 0 Å². The molecule has 0 aromatic heterocycles. The van der Waals surface area contributed by atoms with Crippen molar-refractivity contribution < 1.29 is 4.74 Å². The van der Waals surface area contributed by atoms with Gasteiger partial charge in [0.1, 0.15) is 12.4 Å². The lowest BCUT2D eigenvalue weighted by Gasteiger charge is -2.17. The minimum atomic E-state index is 0.523. The molecule has 0 spiro atoms. The van der Waals surface area contributed by atoms with E-state index in [1.54, 1.807) is 0 Å². The van der Waals surface area contributed by atoms with Crippen LogP contribution in [0.2, 0.25) is 0 Å². The molecular weight excluding hydrogens is 174 g/mol. The highest BCUT2D eigenvalue weighted by molar-refractivity contribution is 5.70. The highest BCUT2D eigenvalue weighted by atomic mass is 16.5. The molecule has 14 heavy (non-hydrogen) atoms. The first-order valence-electron chi connectivity index (χ1n) is 4.91. The molecular formula is C12H15NO. The van der Waals surface area contributed by atoms with Gasteiger partial charge in [0.2, 0.25) is 0 Å². The molecule has 0 aliphatic carbocycles. The van der Waals surface area contributed by atoms with Gasteiger partial charge >= 0.3 is 0 Å². The van der Waals surface area contributed by atoms with E-state index in [1.807, 2.05) is 12.1 Å². The number of nitrogens with two attached hydrogens (primary N) is 1. The summed E-state index contributed by atoms with van der Waals surface area (Å²) < 4.78 is 5.47. The van der Waals surface area contributed by atoms with Crippen LogP contribution in [0.15, 0.2) is 24.3 Å². The smallest absolute Gasteiger partial charge is 0.129 e. The Morgan fingerprint density at radius 2 is 2.14 bits per heavy atom. The second kappa shape index (κ2) is 3.37. The van der Waals surface area contributed by atoms with Crippen LogP contribution in [0.4, 0.5) is 0 Å². The molecule has 2 nitrogen and oxygen atoms in total. The third-order valence-electron chi connectivity index (χ3n) is 2.52. The van der Waals surface area contributed by atoms with Gasteiger partial charge in [-0.05, 0) is 29.7 Å². The van der Waals surface area contributed by atoms with Gasteiger partial charge < -0.3 is 10.5 Å². The highest BCUT2D eigenvalue weighted by Crippen LogP contribution is 2.30. The van der Waals surface area contributed by atoms with Crippen LogP contribution in [0, 0.1) is 0 Å². The zero-order valence-corrected chi connectivity index (χ0v) is 8.58. The van der Waals surface area contributed by atoms with Gasteiger partial charge in [-0.25, -0.2) is 0 Å². The Kier molecular flexibility index (Phi) is 2.20. The van der Waals surface area contributed by atoms with Gasteiger partial charge in [0.25, 0.3) is 0 Å². The molecule has 2 N–H and O–H groups in total. The van der Waals surface area contributed by atoms with Crippen molar-refractivity contribution in [3.63, 3.8) is 0 Å². The minimum Gasteiger partial charge on any atom is -0.489 e. The van der Waals surface area contributed by atoms with Crippen LogP contribution in [0.1, 0.15) is 30.9 Å². The fourth-order valence-corrected chi connectivity index (χ4v) is 1.59. The van der Waals surface area contributed by atoms with Crippen molar-refractivity contribution >= 4 is 5.70 Å². The van der Waals surface area contributed by atoms with Crippen LogP contribution in [0.25, 0.3) is 5.70 Å². The van der Waals surface area contributed by atoms with Crippen molar-refractivity contribution in [2.24, 2.45) is 5.73 Å². The lowest BCUT2D eigenvalue weighted by molar-refractivity contribution is 0.357. The van der Waals surface area contributed by atoms with Crippen molar-refractivity contribution in [1.29, 1.82) is 0 Å². The van der Waals surface area contributed by atoms with Gasteiger partial charge in [-0.15, -0.1) is 0 Å². The quantitative estimate of drug-likeness (QED) is 0.736. The van der Waals surface area contributed by atoms with Gasteiger partial charge in [0.05, 0.1) is 0 Å². The second-order valence-corrected chi connectivity index (χ2v) is 3.88. The molecule has 0 amide bonds. The van der Waals surface area contributed by atoms with E-state index in [1.165, 1.54) is 5.56 Å². The standard InChI is InChI=1S/C12H15NO/c1-8(2)9-3-4-12-10(7-9)11(13)5-6-14-12/h3-5,7-8H,6,13H2,1-2H3. The molecule has 0 saturated carbocycles. The maximum atomic E-state index is 5.90. The molecule has 0 unspecified atom stereocenters. The topological polar surface area (TPSA) is 35.2 Å². The summed E-state index contributed by atoms with van der Waals surface area (Å²) in [5, 5.41) is 0. The van der Waals surface area contributed by atoms with Gasteiger partial charge in [0, 0.05) is 11.3 Å². The third kappa shape index (κ3) is 1.48. The average Bonchev–Trinajstić information content (AvgIpc) is 2.18. The molecule has 1 aromatic rings. The fraction of sp³-hybridized carbons (Fsp3) is 0.333. The Morgan fingerprint density at radius 3 is 2.86 bits per heavy atom. The summed E-state index contributed by atoms with van der Waals surface area (Å²) in [6, 6.07) is 6.22. The maximum Gasteiger partial charge on any atom is 0.129 e. The number of hydrogen-bond donors (Lipinski definition) is 1. The largest absolute Gasteiger partial charge is 0.489 e. The Bertz CT molecular complexity index is 380. The summed E-state index contributed by atoms with van der Waals surface area (Å²) in [5.41, 5.74) is 9.05. The molecule has 0 atom stereocenters. The zero-order valence-electron chi connectivity index (χ0n) is 8.58. The average molecular weight is 189 g/mol. The number of rotatable bonds is 1. The minimum absolute atomic E-state index is 0.523. The summed E-state index contributed by atoms with van der Waals surface area (Å²) in [6.45, 7) is 4.93. The first-order chi connectivity index (χ1) is 6.68. The number of ether oxygens (including phenoxy) is 1. The normalized spacial score (nSPS) is 14.6. The molecule has 0 bridgehead atoms. The maximum absolute atomic E-state index is 5.90. The molecule has 2 heteroatoms. The van der Waals surface area contributed by atoms with Gasteiger partial charge in [-0.1, -0.05) is 19.9 Å². The Labute approximate surface area is 84.4 Å². The summed E-state index contributed by atoms with van der Waals surface area (Å²) in [4.78, 5) is 0. The SMILES string of the molecule is CC(C)c1ccc2c(c1)C(N)=CCO2. The summed E-state index contributed by atoms with van der Waals surface area (Å²) in [6.07, 6.45) is 1.91. The zero-order chi connectivity index (χ0) is 10.1. The summed E-state index contributed by atoms with van der Waals surface area (Å²) >= 11 is 0. The first-order valence-corrected chi connectivity index (χ1v) is 4.91. The van der Waals surface area contributed by atoms with Crippen molar-refractivity contribution in [1.82, 2.24) is 0 Å². The van der Waals surface area contributed by atoms with Crippen molar-refractivity contribution in [3.8, 4) is 5.75 Å². The van der Waals surface area contributed by atoms with E-state index in [0.29, 0.717) is 12.5 Å². The molecule has 74 valence electrons. The Morgan fingerprint density at radius 1 is 1.36 bits per heavy atom. The lowest BCUT2D eigenvalue weighted by atomic mass is 9.98. The Balaban J connectivity index is 2.48. The molecule has 2 rings (SSSR count). The van der Waals surface area contributed by atoms with E-state index in [-0.39, 0.29) is 0 Å². The first kappa shape index (κ1) is 9.13. The van der Waals surface area contributed by atoms with Crippen LogP contribution >= 0.6 is 0 Å².